The average molecular weight is 378 g/mol. The van der Waals surface area contributed by atoms with E-state index in [1.807, 2.05) is 36.5 Å². The van der Waals surface area contributed by atoms with Gasteiger partial charge >= 0.3 is 0 Å². The Labute approximate surface area is 142 Å². The van der Waals surface area contributed by atoms with E-state index < -0.39 is 0 Å². The first-order valence-electron chi connectivity index (χ1n) is 6.83. The Morgan fingerprint density at radius 2 is 2.00 bits per heavy atom. The molecule has 3 rings (SSSR count). The summed E-state index contributed by atoms with van der Waals surface area (Å²) in [7, 11) is 0. The number of aromatic hydroxyl groups is 1. The van der Waals surface area contributed by atoms with Gasteiger partial charge in [-0.15, -0.1) is 0 Å². The van der Waals surface area contributed by atoms with Crippen molar-refractivity contribution >= 4 is 27.5 Å². The van der Waals surface area contributed by atoms with E-state index in [1.165, 1.54) is 0 Å². The monoisotopic (exact) mass is 376 g/mol. The molecule has 2 aromatic carbocycles. The van der Waals surface area contributed by atoms with Crippen molar-refractivity contribution in [1.29, 1.82) is 0 Å². The maximum Gasteiger partial charge on any atom is 0.115 e. The lowest BCUT2D eigenvalue weighted by Crippen LogP contribution is -2.05. The molecule has 112 valence electrons. The van der Waals surface area contributed by atoms with E-state index in [1.54, 1.807) is 18.3 Å². The third-order valence-corrected chi connectivity index (χ3v) is 4.03. The van der Waals surface area contributed by atoms with Crippen molar-refractivity contribution in [3.05, 3.63) is 81.3 Å². The largest absolute Gasteiger partial charge is 0.508 e. The van der Waals surface area contributed by atoms with Gasteiger partial charge in [0.15, 0.2) is 0 Å². The van der Waals surface area contributed by atoms with Gasteiger partial charge in [-0.25, -0.2) is 4.98 Å². The van der Waals surface area contributed by atoms with E-state index in [-0.39, 0.29) is 5.75 Å². The van der Waals surface area contributed by atoms with Crippen molar-refractivity contribution in [2.75, 3.05) is 0 Å². The van der Waals surface area contributed by atoms with Crippen LogP contribution in [-0.2, 0) is 13.0 Å². The van der Waals surface area contributed by atoms with Crippen LogP contribution in [-0.4, -0.2) is 14.7 Å². The van der Waals surface area contributed by atoms with Crippen molar-refractivity contribution in [1.82, 2.24) is 9.55 Å². The molecule has 1 heterocycles. The number of hydrogen-bond acceptors (Lipinski definition) is 2. The first-order chi connectivity index (χ1) is 10.6. The molecule has 3 nitrogen and oxygen atoms in total. The minimum absolute atomic E-state index is 0.276. The molecule has 0 aliphatic heterocycles. The number of halogens is 2. The summed E-state index contributed by atoms with van der Waals surface area (Å²) in [5.41, 5.74) is 2.13. The van der Waals surface area contributed by atoms with Crippen molar-refractivity contribution in [3.8, 4) is 5.75 Å². The maximum atomic E-state index is 9.56. The van der Waals surface area contributed by atoms with Gasteiger partial charge in [0.05, 0.1) is 0 Å². The third-order valence-electron chi connectivity index (χ3n) is 3.35. The number of rotatable bonds is 4. The summed E-state index contributed by atoms with van der Waals surface area (Å²) in [5, 5.41) is 10.3. The molecule has 0 fully saturated rings. The SMILES string of the molecule is Oc1cccc(Cn2ccnc2Cc2cc(Cl)cc(Br)c2)c1. The molecular formula is C17H14BrClN2O. The summed E-state index contributed by atoms with van der Waals surface area (Å²) >= 11 is 9.55. The Bertz CT molecular complexity index is 781. The number of nitrogens with zero attached hydrogens (tertiary/aromatic N) is 2. The number of aromatic nitrogens is 2. The second kappa shape index (κ2) is 6.55. The highest BCUT2D eigenvalue weighted by molar-refractivity contribution is 9.10. The van der Waals surface area contributed by atoms with E-state index in [0.717, 1.165) is 21.4 Å². The quantitative estimate of drug-likeness (QED) is 0.719. The highest BCUT2D eigenvalue weighted by Crippen LogP contribution is 2.21. The third kappa shape index (κ3) is 3.70. The molecule has 0 atom stereocenters. The normalized spacial score (nSPS) is 10.8. The number of imidazole rings is 1. The van der Waals surface area contributed by atoms with E-state index in [4.69, 9.17) is 11.6 Å². The fraction of sp³-hybridized carbons (Fsp3) is 0.118. The molecule has 3 aromatic rings. The summed E-state index contributed by atoms with van der Waals surface area (Å²) in [6, 6.07) is 13.1. The van der Waals surface area contributed by atoms with Crippen LogP contribution in [0, 0.1) is 0 Å². The molecule has 0 saturated heterocycles. The molecule has 0 spiro atoms. The van der Waals surface area contributed by atoms with E-state index >= 15 is 0 Å². The highest BCUT2D eigenvalue weighted by atomic mass is 79.9. The Kier molecular flexibility index (Phi) is 4.50. The number of benzene rings is 2. The lowest BCUT2D eigenvalue weighted by Gasteiger charge is -2.09. The van der Waals surface area contributed by atoms with Gasteiger partial charge in [-0.05, 0) is 41.5 Å². The van der Waals surface area contributed by atoms with Crippen molar-refractivity contribution in [3.63, 3.8) is 0 Å². The van der Waals surface area contributed by atoms with Crippen LogP contribution in [0.1, 0.15) is 17.0 Å². The van der Waals surface area contributed by atoms with Gasteiger partial charge in [-0.2, -0.15) is 0 Å². The first-order valence-corrected chi connectivity index (χ1v) is 8.00. The Hall–Kier alpha value is -1.78. The molecule has 0 radical (unpaired) electrons. The number of phenols is 1. The van der Waals surface area contributed by atoms with Crippen LogP contribution >= 0.6 is 27.5 Å². The fourth-order valence-electron chi connectivity index (χ4n) is 2.40. The van der Waals surface area contributed by atoms with E-state index in [9.17, 15) is 5.11 Å². The second-order valence-corrected chi connectivity index (χ2v) is 6.45. The molecule has 1 aromatic heterocycles. The molecule has 0 bridgehead atoms. The lowest BCUT2D eigenvalue weighted by molar-refractivity contribution is 0.474. The van der Waals surface area contributed by atoms with Crippen molar-refractivity contribution in [2.24, 2.45) is 0 Å². The van der Waals surface area contributed by atoms with Crippen molar-refractivity contribution in [2.45, 2.75) is 13.0 Å². The number of hydrogen-bond donors (Lipinski definition) is 1. The Morgan fingerprint density at radius 1 is 1.14 bits per heavy atom. The summed E-state index contributed by atoms with van der Waals surface area (Å²) in [6.07, 6.45) is 4.43. The van der Waals surface area contributed by atoms with Crippen LogP contribution in [0.4, 0.5) is 0 Å². The topological polar surface area (TPSA) is 38.0 Å². The van der Waals surface area contributed by atoms with Crippen LogP contribution in [0.3, 0.4) is 0 Å². The van der Waals surface area contributed by atoms with Crippen LogP contribution in [0.15, 0.2) is 59.3 Å². The molecule has 0 amide bonds. The molecule has 22 heavy (non-hydrogen) atoms. The van der Waals surface area contributed by atoms with Gasteiger partial charge in [0, 0.05) is 34.9 Å². The summed E-state index contributed by atoms with van der Waals surface area (Å²) in [4.78, 5) is 4.43. The lowest BCUT2D eigenvalue weighted by atomic mass is 10.1. The summed E-state index contributed by atoms with van der Waals surface area (Å²) in [5.74, 6) is 1.23. The van der Waals surface area contributed by atoms with Gasteiger partial charge in [0.25, 0.3) is 0 Å². The molecule has 0 unspecified atom stereocenters. The molecule has 0 saturated carbocycles. The molecule has 1 N–H and O–H groups in total. The van der Waals surface area contributed by atoms with Crippen LogP contribution in [0.25, 0.3) is 0 Å². The van der Waals surface area contributed by atoms with Crippen LogP contribution in [0.2, 0.25) is 5.02 Å². The van der Waals surface area contributed by atoms with Crippen molar-refractivity contribution < 1.29 is 5.11 Å². The summed E-state index contributed by atoms with van der Waals surface area (Å²) < 4.78 is 3.03. The van der Waals surface area contributed by atoms with Crippen LogP contribution in [0.5, 0.6) is 5.75 Å². The zero-order valence-corrected chi connectivity index (χ0v) is 14.0. The Balaban J connectivity index is 1.83. The molecule has 0 aliphatic carbocycles. The maximum absolute atomic E-state index is 9.56. The number of phenolic OH excluding ortho intramolecular Hbond substituents is 1. The zero-order valence-electron chi connectivity index (χ0n) is 11.7. The summed E-state index contributed by atoms with van der Waals surface area (Å²) in [6.45, 7) is 0.672. The van der Waals surface area contributed by atoms with E-state index in [0.29, 0.717) is 18.0 Å². The standard InChI is InChI=1S/C17H14BrClN2O/c18-14-6-13(7-15(19)10-14)9-17-20-4-5-21(17)11-12-2-1-3-16(22)8-12/h1-8,10,22H,9,11H2. The minimum Gasteiger partial charge on any atom is -0.508 e. The van der Waals surface area contributed by atoms with Gasteiger partial charge in [-0.3, -0.25) is 0 Å². The average Bonchev–Trinajstić information content (AvgIpc) is 2.85. The predicted molar refractivity (Wildman–Crippen MR) is 91.4 cm³/mol. The van der Waals surface area contributed by atoms with Crippen LogP contribution < -0.4 is 0 Å². The second-order valence-electron chi connectivity index (χ2n) is 5.10. The molecular weight excluding hydrogens is 364 g/mol. The Morgan fingerprint density at radius 3 is 2.77 bits per heavy atom. The van der Waals surface area contributed by atoms with E-state index in [2.05, 4.69) is 25.5 Å². The molecule has 0 aliphatic rings. The fourth-order valence-corrected chi connectivity index (χ4v) is 3.33. The van der Waals surface area contributed by atoms with Gasteiger partial charge in [0.1, 0.15) is 11.6 Å². The highest BCUT2D eigenvalue weighted by Gasteiger charge is 2.07. The zero-order chi connectivity index (χ0) is 15.5. The smallest absolute Gasteiger partial charge is 0.115 e. The van der Waals surface area contributed by atoms with Gasteiger partial charge in [-0.1, -0.05) is 39.7 Å². The predicted octanol–water partition coefficient (Wildman–Crippen LogP) is 4.64. The first kappa shape index (κ1) is 15.1. The van der Waals surface area contributed by atoms with Gasteiger partial charge < -0.3 is 9.67 Å². The minimum atomic E-state index is 0.276. The molecule has 5 heteroatoms. The van der Waals surface area contributed by atoms with Gasteiger partial charge in [0.2, 0.25) is 0 Å².